The van der Waals surface area contributed by atoms with Crippen molar-refractivity contribution >= 4 is 29.9 Å². The summed E-state index contributed by atoms with van der Waals surface area (Å²) in [5, 5.41) is 28.9. The zero-order valence-electron chi connectivity index (χ0n) is 11.9. The van der Waals surface area contributed by atoms with E-state index < -0.39 is 18.0 Å². The maximum Gasteiger partial charge on any atom is 0.488 e. The molecule has 0 aliphatic heterocycles. The molecule has 2 aromatic rings. The van der Waals surface area contributed by atoms with Gasteiger partial charge in [-0.15, -0.1) is 0 Å². The fraction of sp³-hybridized carbons (Fsp3) is 0.0714. The van der Waals surface area contributed by atoms with Gasteiger partial charge < -0.3 is 20.5 Å². The fourth-order valence-electron chi connectivity index (χ4n) is 1.94. The van der Waals surface area contributed by atoms with E-state index in [2.05, 4.69) is 0 Å². The first kappa shape index (κ1) is 16.5. The first-order chi connectivity index (χ1) is 10.9. The van der Waals surface area contributed by atoms with Crippen LogP contribution in [-0.2, 0) is 11.3 Å². The lowest BCUT2D eigenvalue weighted by molar-refractivity contribution is -0.384. The number of ether oxygens (including phenoxy) is 1. The van der Waals surface area contributed by atoms with Crippen LogP contribution in [0.1, 0.15) is 15.9 Å². The van der Waals surface area contributed by atoms with Crippen LogP contribution in [-0.4, -0.2) is 28.1 Å². The van der Waals surface area contributed by atoms with Gasteiger partial charge in [-0.1, -0.05) is 12.1 Å². The number of hydrogen-bond donors (Lipinski definition) is 3. The van der Waals surface area contributed by atoms with Gasteiger partial charge in [-0.25, -0.2) is 4.79 Å². The highest BCUT2D eigenvalue weighted by atomic mass is 16.6. The largest absolute Gasteiger partial charge is 0.488 e. The quantitative estimate of drug-likeness (QED) is 0.236. The molecule has 0 saturated carbocycles. The summed E-state index contributed by atoms with van der Waals surface area (Å²) in [7, 11) is -1.76. The van der Waals surface area contributed by atoms with Crippen molar-refractivity contribution in [2.45, 2.75) is 6.61 Å². The third-order valence-electron chi connectivity index (χ3n) is 3.00. The normalized spacial score (nSPS) is 10.2. The number of carbonyl (C=O) groups excluding carboxylic acids is 1. The second-order valence-corrected chi connectivity index (χ2v) is 4.77. The number of rotatable bonds is 5. The Morgan fingerprint density at radius 2 is 2.00 bits per heavy atom. The summed E-state index contributed by atoms with van der Waals surface area (Å²) in [4.78, 5) is 22.1. The summed E-state index contributed by atoms with van der Waals surface area (Å²) in [6.45, 7) is -0.160. The second kappa shape index (κ2) is 6.90. The summed E-state index contributed by atoms with van der Waals surface area (Å²) >= 11 is 0. The van der Waals surface area contributed by atoms with Gasteiger partial charge in [-0.05, 0) is 29.2 Å². The minimum absolute atomic E-state index is 0.0542. The van der Waals surface area contributed by atoms with Crippen molar-refractivity contribution in [3.63, 3.8) is 0 Å². The van der Waals surface area contributed by atoms with Crippen molar-refractivity contribution in [1.29, 1.82) is 0 Å². The number of non-ortho nitro benzene ring substituents is 1. The van der Waals surface area contributed by atoms with Crippen LogP contribution in [0.4, 0.5) is 11.4 Å². The van der Waals surface area contributed by atoms with E-state index in [1.807, 2.05) is 0 Å². The van der Waals surface area contributed by atoms with Crippen molar-refractivity contribution < 1.29 is 24.5 Å². The first-order valence-electron chi connectivity index (χ1n) is 6.54. The number of benzene rings is 2. The van der Waals surface area contributed by atoms with Crippen molar-refractivity contribution in [2.24, 2.45) is 0 Å². The van der Waals surface area contributed by atoms with Gasteiger partial charge >= 0.3 is 13.1 Å². The SMILES string of the molecule is Nc1cc(B(O)O)cc(C(=O)OCc2cccc([N+](=O)[O-])c2)c1. The number of nitro benzene ring substituents is 1. The van der Waals surface area contributed by atoms with E-state index >= 15 is 0 Å². The topological polar surface area (TPSA) is 136 Å². The molecule has 0 spiro atoms. The van der Waals surface area contributed by atoms with Crippen LogP contribution in [0.15, 0.2) is 42.5 Å². The van der Waals surface area contributed by atoms with Crippen LogP contribution in [0.2, 0.25) is 0 Å². The van der Waals surface area contributed by atoms with Gasteiger partial charge in [-0.3, -0.25) is 10.1 Å². The van der Waals surface area contributed by atoms with E-state index in [0.29, 0.717) is 5.56 Å². The molecule has 0 fully saturated rings. The number of anilines is 1. The maximum atomic E-state index is 12.0. The molecule has 2 rings (SSSR count). The van der Waals surface area contributed by atoms with Crippen LogP contribution in [0.3, 0.4) is 0 Å². The van der Waals surface area contributed by atoms with Crippen molar-refractivity contribution in [3.8, 4) is 0 Å². The van der Waals surface area contributed by atoms with Gasteiger partial charge in [0.05, 0.1) is 10.5 Å². The third-order valence-corrected chi connectivity index (χ3v) is 3.00. The molecule has 0 aliphatic rings. The van der Waals surface area contributed by atoms with E-state index in [9.17, 15) is 14.9 Å². The molecule has 23 heavy (non-hydrogen) atoms. The summed E-state index contributed by atoms with van der Waals surface area (Å²) in [5.41, 5.74) is 6.24. The average molecular weight is 316 g/mol. The zero-order chi connectivity index (χ0) is 17.0. The molecule has 0 aliphatic carbocycles. The van der Waals surface area contributed by atoms with Crippen LogP contribution >= 0.6 is 0 Å². The van der Waals surface area contributed by atoms with E-state index in [1.165, 1.54) is 36.4 Å². The minimum Gasteiger partial charge on any atom is -0.457 e. The Kier molecular flexibility index (Phi) is 4.94. The molecule has 0 unspecified atom stereocenters. The molecular weight excluding hydrogens is 303 g/mol. The Labute approximate surface area is 131 Å². The van der Waals surface area contributed by atoms with E-state index in [4.69, 9.17) is 20.5 Å². The second-order valence-electron chi connectivity index (χ2n) is 4.77. The Bertz CT molecular complexity index is 750. The van der Waals surface area contributed by atoms with Gasteiger partial charge in [0.2, 0.25) is 0 Å². The van der Waals surface area contributed by atoms with Crippen molar-refractivity contribution in [2.75, 3.05) is 5.73 Å². The minimum atomic E-state index is -1.76. The standard InChI is InChI=1S/C14H13BN2O6/c16-12-6-10(5-11(7-12)15(19)20)14(18)23-8-9-2-1-3-13(4-9)17(21)22/h1-7,19-20H,8,16H2. The Morgan fingerprint density at radius 1 is 1.26 bits per heavy atom. The molecule has 2 aromatic carbocycles. The number of nitrogens with two attached hydrogens (primary N) is 1. The lowest BCUT2D eigenvalue weighted by Gasteiger charge is -2.08. The lowest BCUT2D eigenvalue weighted by atomic mass is 9.79. The van der Waals surface area contributed by atoms with E-state index in [0.717, 1.165) is 0 Å². The van der Waals surface area contributed by atoms with Gasteiger partial charge in [0.15, 0.2) is 0 Å². The number of nitro groups is 1. The molecule has 0 saturated heterocycles. The Balaban J connectivity index is 2.11. The van der Waals surface area contributed by atoms with Gasteiger partial charge in [0, 0.05) is 17.8 Å². The summed E-state index contributed by atoms with van der Waals surface area (Å²) in [5.74, 6) is -0.731. The number of hydrogen-bond acceptors (Lipinski definition) is 7. The van der Waals surface area contributed by atoms with Crippen LogP contribution < -0.4 is 11.2 Å². The molecular formula is C14H13BN2O6. The first-order valence-corrected chi connectivity index (χ1v) is 6.54. The summed E-state index contributed by atoms with van der Waals surface area (Å²) < 4.78 is 5.06. The molecule has 8 nitrogen and oxygen atoms in total. The number of esters is 1. The molecule has 0 aromatic heterocycles. The predicted octanol–water partition coefficient (Wildman–Crippen LogP) is 0.214. The molecule has 118 valence electrons. The van der Waals surface area contributed by atoms with Gasteiger partial charge in [0.25, 0.3) is 5.69 Å². The molecule has 0 bridgehead atoms. The monoisotopic (exact) mass is 316 g/mol. The molecule has 0 atom stereocenters. The third kappa shape index (κ3) is 4.28. The van der Waals surface area contributed by atoms with Crippen molar-refractivity contribution in [3.05, 3.63) is 63.7 Å². The van der Waals surface area contributed by atoms with Crippen LogP contribution in [0, 0.1) is 10.1 Å². The van der Waals surface area contributed by atoms with E-state index in [-0.39, 0.29) is 29.0 Å². The predicted molar refractivity (Wildman–Crippen MR) is 82.9 cm³/mol. The summed E-state index contributed by atoms with van der Waals surface area (Å²) in [6.07, 6.45) is 0. The smallest absolute Gasteiger partial charge is 0.457 e. The highest BCUT2D eigenvalue weighted by Gasteiger charge is 2.16. The number of carbonyl (C=O) groups is 1. The molecule has 0 amide bonds. The zero-order valence-corrected chi connectivity index (χ0v) is 11.9. The highest BCUT2D eigenvalue weighted by molar-refractivity contribution is 6.58. The molecule has 0 heterocycles. The Morgan fingerprint density at radius 3 is 2.65 bits per heavy atom. The summed E-state index contributed by atoms with van der Waals surface area (Å²) in [6, 6.07) is 9.61. The van der Waals surface area contributed by atoms with Gasteiger partial charge in [0.1, 0.15) is 6.61 Å². The molecule has 4 N–H and O–H groups in total. The Hall–Kier alpha value is -2.91. The van der Waals surface area contributed by atoms with Gasteiger partial charge in [-0.2, -0.15) is 0 Å². The van der Waals surface area contributed by atoms with Crippen molar-refractivity contribution in [1.82, 2.24) is 0 Å². The van der Waals surface area contributed by atoms with Crippen LogP contribution in [0.25, 0.3) is 0 Å². The fourth-order valence-corrected chi connectivity index (χ4v) is 1.94. The number of nitrogen functional groups attached to an aromatic ring is 1. The average Bonchev–Trinajstić information content (AvgIpc) is 2.52. The lowest BCUT2D eigenvalue weighted by Crippen LogP contribution is -2.31. The highest BCUT2D eigenvalue weighted by Crippen LogP contribution is 2.15. The molecule has 0 radical (unpaired) electrons. The van der Waals surface area contributed by atoms with Crippen LogP contribution in [0.5, 0.6) is 0 Å². The van der Waals surface area contributed by atoms with E-state index in [1.54, 1.807) is 6.07 Å². The maximum absolute atomic E-state index is 12.0. The number of nitrogens with zero attached hydrogens (tertiary/aromatic N) is 1. The molecule has 9 heteroatoms.